The zero-order valence-electron chi connectivity index (χ0n) is 17.4. The van der Waals surface area contributed by atoms with Gasteiger partial charge in [0.25, 0.3) is 0 Å². The normalized spacial score (nSPS) is 22.1. The zero-order chi connectivity index (χ0) is 18.4. The summed E-state index contributed by atoms with van der Waals surface area (Å²) >= 11 is -0.646. The average Bonchev–Trinajstić information content (AvgIpc) is 3.17. The van der Waals surface area contributed by atoms with Crippen molar-refractivity contribution in [3.63, 3.8) is 0 Å². The van der Waals surface area contributed by atoms with Crippen molar-refractivity contribution in [3.8, 4) is 0 Å². The maximum absolute atomic E-state index is 2.63. The molecule has 144 valence electrons. The molecule has 1 saturated heterocycles. The van der Waals surface area contributed by atoms with Crippen molar-refractivity contribution in [1.82, 2.24) is 0 Å². The first-order valence-corrected chi connectivity index (χ1v) is 15.5. The van der Waals surface area contributed by atoms with Gasteiger partial charge >= 0.3 is 171 Å². The molecule has 2 aromatic rings. The predicted molar refractivity (Wildman–Crippen MR) is 111 cm³/mol. The van der Waals surface area contributed by atoms with E-state index in [-0.39, 0.29) is 24.8 Å². The molecule has 3 aliphatic rings. The summed E-state index contributed by atoms with van der Waals surface area (Å²) in [4.78, 5) is 0. The van der Waals surface area contributed by atoms with E-state index in [1.165, 1.54) is 22.3 Å². The Balaban J connectivity index is 0.00000112. The fourth-order valence-corrected chi connectivity index (χ4v) is 19.6. The summed E-state index contributed by atoms with van der Waals surface area (Å²) in [5.74, 6) is 0. The maximum Gasteiger partial charge on any atom is -1.00 e. The summed E-state index contributed by atoms with van der Waals surface area (Å²) in [5, 5.41) is 3.70. The van der Waals surface area contributed by atoms with Crippen molar-refractivity contribution in [2.45, 2.75) is 48.0 Å². The van der Waals surface area contributed by atoms with Crippen LogP contribution in [0.1, 0.15) is 51.8 Å². The van der Waals surface area contributed by atoms with E-state index in [0.717, 1.165) is 7.25 Å². The van der Waals surface area contributed by atoms with Gasteiger partial charge in [-0.05, 0) is 0 Å². The number of hydrogen-bond acceptors (Lipinski definition) is 0. The average molecular weight is 505 g/mol. The predicted octanol–water partition coefficient (Wildman–Crippen LogP) is 0.388. The molecular weight excluding hydrogens is 478 g/mol. The molecule has 0 radical (unpaired) electrons. The van der Waals surface area contributed by atoms with Gasteiger partial charge in [-0.15, -0.1) is 0 Å². The number of aryl methyl sites for hydroxylation is 4. The molecule has 0 N–H and O–H groups in total. The number of hydrogen-bond donors (Lipinski definition) is 0. The van der Waals surface area contributed by atoms with Gasteiger partial charge in [-0.1, -0.05) is 0 Å². The van der Waals surface area contributed by atoms with E-state index >= 15 is 0 Å². The van der Waals surface area contributed by atoms with E-state index in [9.17, 15) is 0 Å². The van der Waals surface area contributed by atoms with E-state index in [2.05, 4.69) is 77.2 Å². The fraction of sp³-hybridized carbons (Fsp3) is 0.333. The van der Waals surface area contributed by atoms with Crippen LogP contribution in [0.2, 0.25) is 13.1 Å². The van der Waals surface area contributed by atoms with Crippen LogP contribution in [-0.4, -0.2) is 8.07 Å². The maximum atomic E-state index is 2.63. The Bertz CT molecular complexity index is 968. The third-order valence-corrected chi connectivity index (χ3v) is 16.8. The molecule has 0 nitrogen and oxygen atoms in total. The van der Waals surface area contributed by atoms with E-state index in [1.807, 2.05) is 10.4 Å². The molecule has 2 atom stereocenters. The Labute approximate surface area is 194 Å². The Morgan fingerprint density at radius 2 is 1.00 bits per heavy atom. The first-order chi connectivity index (χ1) is 12.3. The number of benzene rings is 2. The van der Waals surface area contributed by atoms with Gasteiger partial charge in [0.15, 0.2) is 0 Å². The van der Waals surface area contributed by atoms with Crippen LogP contribution in [0.25, 0.3) is 12.2 Å². The van der Waals surface area contributed by atoms with Crippen LogP contribution in [0.15, 0.2) is 34.7 Å². The summed E-state index contributed by atoms with van der Waals surface area (Å²) < 4.78 is 1.62. The Morgan fingerprint density at radius 3 is 1.39 bits per heavy atom. The molecule has 2 unspecified atom stereocenters. The summed E-state index contributed by atoms with van der Waals surface area (Å²) in [6.45, 7) is 14.5. The second-order valence-corrected chi connectivity index (χ2v) is 17.0. The van der Waals surface area contributed by atoms with Crippen LogP contribution in [0, 0.1) is 27.7 Å². The first-order valence-electron chi connectivity index (χ1n) is 9.71. The van der Waals surface area contributed by atoms with Crippen LogP contribution in [0.4, 0.5) is 0 Å². The van der Waals surface area contributed by atoms with Crippen LogP contribution < -0.4 is 24.8 Å². The molecule has 2 aromatic carbocycles. The van der Waals surface area contributed by atoms with E-state index in [0.29, 0.717) is 0 Å². The zero-order valence-corrected chi connectivity index (χ0v) is 22.3. The van der Waals surface area contributed by atoms with Gasteiger partial charge in [0, 0.05) is 0 Å². The molecule has 1 heterocycles. The molecular formula is C24H26Cl2SiZr. The quantitative estimate of drug-likeness (QED) is 0.456. The fourth-order valence-electron chi connectivity index (χ4n) is 5.41. The van der Waals surface area contributed by atoms with Gasteiger partial charge in [-0.25, -0.2) is 0 Å². The number of halogens is 2. The van der Waals surface area contributed by atoms with Crippen LogP contribution in [0.5, 0.6) is 0 Å². The SMILES string of the molecule is Cc1ccc(C)c2c1C=C1[CH]2[Zr+2][CH]2C(=Cc3c(C)ccc(C)c32)[Si]1(C)C.[Cl-].[Cl-]. The molecule has 1 aliphatic heterocycles. The second-order valence-electron chi connectivity index (χ2n) is 8.91. The molecule has 5 rings (SSSR count). The molecule has 2 aliphatic carbocycles. The summed E-state index contributed by atoms with van der Waals surface area (Å²) in [6.07, 6.45) is 5.27. The number of fused-ring (bicyclic) bond motifs is 6. The van der Waals surface area contributed by atoms with Crippen molar-refractivity contribution in [1.29, 1.82) is 0 Å². The smallest absolute Gasteiger partial charge is 1.00 e. The molecule has 0 spiro atoms. The van der Waals surface area contributed by atoms with Crippen LogP contribution in [0.3, 0.4) is 0 Å². The van der Waals surface area contributed by atoms with Crippen molar-refractivity contribution < 1.29 is 48.0 Å². The molecule has 1 fully saturated rings. The van der Waals surface area contributed by atoms with Gasteiger partial charge in [0.05, 0.1) is 0 Å². The van der Waals surface area contributed by atoms with Crippen LogP contribution in [-0.2, 0) is 23.2 Å². The molecule has 4 heteroatoms. The van der Waals surface area contributed by atoms with Gasteiger partial charge < -0.3 is 24.8 Å². The molecule has 0 saturated carbocycles. The third kappa shape index (κ3) is 2.86. The van der Waals surface area contributed by atoms with E-state index in [1.54, 1.807) is 22.3 Å². The monoisotopic (exact) mass is 502 g/mol. The molecule has 0 amide bonds. The summed E-state index contributed by atoms with van der Waals surface area (Å²) in [6, 6.07) is 9.38. The van der Waals surface area contributed by atoms with Crippen LogP contribution >= 0.6 is 0 Å². The molecule has 0 bridgehead atoms. The van der Waals surface area contributed by atoms with Crippen molar-refractivity contribution in [2.75, 3.05) is 0 Å². The van der Waals surface area contributed by atoms with Gasteiger partial charge in [-0.2, -0.15) is 0 Å². The second kappa shape index (κ2) is 7.38. The van der Waals surface area contributed by atoms with Crippen molar-refractivity contribution in [3.05, 3.63) is 79.2 Å². The number of rotatable bonds is 0. The van der Waals surface area contributed by atoms with Crippen molar-refractivity contribution >= 4 is 20.2 Å². The molecule has 0 aromatic heterocycles. The topological polar surface area (TPSA) is 0 Å². The summed E-state index contributed by atoms with van der Waals surface area (Å²) in [5.41, 5.74) is 12.6. The Kier molecular flexibility index (Phi) is 5.88. The molecule has 28 heavy (non-hydrogen) atoms. The van der Waals surface area contributed by atoms with Gasteiger partial charge in [-0.3, -0.25) is 0 Å². The summed E-state index contributed by atoms with van der Waals surface area (Å²) in [7, 11) is -1.57. The van der Waals surface area contributed by atoms with E-state index < -0.39 is 31.3 Å². The van der Waals surface area contributed by atoms with Gasteiger partial charge in [0.2, 0.25) is 0 Å². The Morgan fingerprint density at radius 1 is 0.643 bits per heavy atom. The van der Waals surface area contributed by atoms with E-state index in [4.69, 9.17) is 0 Å². The van der Waals surface area contributed by atoms with Crippen molar-refractivity contribution in [2.24, 2.45) is 0 Å². The Hall–Kier alpha value is -0.400. The minimum atomic E-state index is -1.57. The number of allylic oxidation sites excluding steroid dienone is 2. The minimum absolute atomic E-state index is 0. The largest absolute Gasteiger partial charge is 1.00 e. The standard InChI is InChI=1S/C24H26Si.2ClH.Zr/c1-15-7-8-16(2)22-12-19(11-21(15)22)25(5,6)20-13-23-17(3)9-10-18(4)24(23)14-20;;;/h7-14H,1-6H3;2*1H;/q;;;+2/p-2. The third-order valence-electron chi connectivity index (χ3n) is 7.02. The first kappa shape index (κ1) is 22.3. The minimum Gasteiger partial charge on any atom is -1.00 e. The van der Waals surface area contributed by atoms with Gasteiger partial charge in [0.1, 0.15) is 0 Å².